The Hall–Kier alpha value is -2.09. The fourth-order valence-corrected chi connectivity index (χ4v) is 2.11. The largest absolute Gasteiger partial charge is 0.696 e. The molecule has 0 aromatic heterocycles. The molecule has 0 spiro atoms. The third-order valence-corrected chi connectivity index (χ3v) is 3.18. The molecule has 0 unspecified atom stereocenters. The van der Waals surface area contributed by atoms with Crippen molar-refractivity contribution >= 4 is 5.69 Å². The highest BCUT2D eigenvalue weighted by Crippen LogP contribution is 2.20. The molecule has 1 aliphatic rings. The van der Waals surface area contributed by atoms with Gasteiger partial charge >= 0.3 is 0 Å². The number of rotatable bonds is 3. The Morgan fingerprint density at radius 3 is 2.50 bits per heavy atom. The molecule has 0 bridgehead atoms. The highest BCUT2D eigenvalue weighted by Gasteiger charge is 2.17. The Balaban J connectivity index is 1.94. The maximum absolute atomic E-state index is 11.7. The number of anilines is 1. The van der Waals surface area contributed by atoms with Crippen molar-refractivity contribution in [2.45, 2.75) is 38.1 Å². The fourth-order valence-electron chi connectivity index (χ4n) is 2.11. The molecule has 0 aliphatic heterocycles. The second-order valence-electron chi connectivity index (χ2n) is 4.50. The lowest BCUT2D eigenvalue weighted by Gasteiger charge is -2.22. The third-order valence-electron chi connectivity index (χ3n) is 3.18. The van der Waals surface area contributed by atoms with E-state index >= 15 is 0 Å². The van der Waals surface area contributed by atoms with Crippen LogP contribution in [0.25, 0.3) is 0 Å². The summed E-state index contributed by atoms with van der Waals surface area (Å²) in [5, 5.41) is 24.2. The van der Waals surface area contributed by atoms with Crippen molar-refractivity contribution in [2.24, 2.45) is 5.22 Å². The second-order valence-corrected chi connectivity index (χ2v) is 4.50. The summed E-state index contributed by atoms with van der Waals surface area (Å²) in [4.78, 5) is 0.775. The normalized spacial score (nSPS) is 17.2. The molecule has 94 valence electrons. The van der Waals surface area contributed by atoms with Crippen molar-refractivity contribution in [1.29, 1.82) is 5.26 Å². The van der Waals surface area contributed by atoms with E-state index in [-0.39, 0.29) is 6.04 Å². The van der Waals surface area contributed by atoms with Gasteiger partial charge in [0, 0.05) is 0 Å². The molecular formula is C13H16N4O. The minimum Gasteiger partial charge on any atom is -0.696 e. The zero-order chi connectivity index (χ0) is 12.8. The molecule has 18 heavy (non-hydrogen) atoms. The van der Waals surface area contributed by atoms with Gasteiger partial charge in [-0.05, 0) is 49.9 Å². The Morgan fingerprint density at radius 2 is 1.89 bits per heavy atom. The van der Waals surface area contributed by atoms with Crippen LogP contribution in [0, 0.1) is 16.5 Å². The number of nitriles is 1. The topological polar surface area (TPSA) is 74.2 Å². The molecule has 1 aromatic carbocycles. The monoisotopic (exact) mass is 244 g/mol. The van der Waals surface area contributed by atoms with Crippen LogP contribution in [-0.2, 0) is 0 Å². The van der Waals surface area contributed by atoms with Crippen molar-refractivity contribution in [3.63, 3.8) is 0 Å². The SMILES string of the molecule is N#Cc1ccc(N/N=[N+](\[O-])C2CCCCC2)cc1. The minimum absolute atomic E-state index is 0.00429. The Kier molecular flexibility index (Phi) is 4.13. The van der Waals surface area contributed by atoms with Crippen LogP contribution in [0.4, 0.5) is 5.69 Å². The average molecular weight is 244 g/mol. The number of nitrogens with one attached hydrogen (secondary N) is 1. The van der Waals surface area contributed by atoms with Crippen molar-refractivity contribution in [3.8, 4) is 6.07 Å². The summed E-state index contributed by atoms with van der Waals surface area (Å²) in [6.07, 6.45) is 5.27. The molecule has 5 nitrogen and oxygen atoms in total. The second kappa shape index (κ2) is 6.01. The minimum atomic E-state index is 0.00429. The zero-order valence-corrected chi connectivity index (χ0v) is 10.2. The summed E-state index contributed by atoms with van der Waals surface area (Å²) in [7, 11) is 0. The van der Waals surface area contributed by atoms with Crippen molar-refractivity contribution in [2.75, 3.05) is 5.43 Å². The third kappa shape index (κ3) is 3.20. The van der Waals surface area contributed by atoms with Crippen molar-refractivity contribution in [1.82, 2.24) is 0 Å². The number of hydrogen-bond donors (Lipinski definition) is 1. The summed E-state index contributed by atoms with van der Waals surface area (Å²) >= 11 is 0. The molecule has 0 atom stereocenters. The molecule has 5 heteroatoms. The van der Waals surface area contributed by atoms with Gasteiger partial charge in [-0.1, -0.05) is 6.42 Å². The lowest BCUT2D eigenvalue weighted by molar-refractivity contribution is -0.570. The van der Waals surface area contributed by atoms with Gasteiger partial charge in [0.15, 0.2) is 0 Å². The van der Waals surface area contributed by atoms with E-state index in [1.807, 2.05) is 6.07 Å². The van der Waals surface area contributed by atoms with E-state index in [1.165, 1.54) is 6.42 Å². The highest BCUT2D eigenvalue weighted by atomic mass is 16.5. The first kappa shape index (κ1) is 12.4. The molecule has 0 heterocycles. The van der Waals surface area contributed by atoms with Gasteiger partial charge in [0.25, 0.3) is 0 Å². The molecule has 0 radical (unpaired) electrons. The molecule has 0 amide bonds. The van der Waals surface area contributed by atoms with Gasteiger partial charge in [-0.15, -0.1) is 5.43 Å². The van der Waals surface area contributed by atoms with Gasteiger partial charge in [0.2, 0.25) is 0 Å². The van der Waals surface area contributed by atoms with Gasteiger partial charge in [-0.2, -0.15) is 10.1 Å². The predicted molar refractivity (Wildman–Crippen MR) is 67.7 cm³/mol. The standard InChI is InChI=1S/C13H16N4O/c14-10-11-6-8-12(9-7-11)15-16-17(18)13-4-2-1-3-5-13/h6-9,13,15H,1-5H2/b17-16-. The van der Waals surface area contributed by atoms with E-state index in [1.54, 1.807) is 24.3 Å². The van der Waals surface area contributed by atoms with E-state index < -0.39 is 0 Å². The van der Waals surface area contributed by atoms with Gasteiger partial charge in [-0.25, -0.2) is 0 Å². The number of hydrogen-bond acceptors (Lipinski definition) is 3. The Morgan fingerprint density at radius 1 is 1.22 bits per heavy atom. The van der Waals surface area contributed by atoms with Crippen LogP contribution in [0.2, 0.25) is 0 Å². The van der Waals surface area contributed by atoms with Gasteiger partial charge < -0.3 is 5.21 Å². The molecule has 1 aromatic rings. The highest BCUT2D eigenvalue weighted by molar-refractivity contribution is 5.46. The first-order valence-corrected chi connectivity index (χ1v) is 6.23. The van der Waals surface area contributed by atoms with Crippen LogP contribution < -0.4 is 5.43 Å². The van der Waals surface area contributed by atoms with E-state index in [9.17, 15) is 5.21 Å². The van der Waals surface area contributed by atoms with Crippen LogP contribution in [0.15, 0.2) is 29.5 Å². The Labute approximate surface area is 106 Å². The van der Waals surface area contributed by atoms with Crippen LogP contribution >= 0.6 is 0 Å². The zero-order valence-electron chi connectivity index (χ0n) is 10.2. The molecule has 0 saturated heterocycles. The smallest absolute Gasteiger partial charge is 0.146 e. The predicted octanol–water partition coefficient (Wildman–Crippen LogP) is 3.18. The average Bonchev–Trinajstić information content (AvgIpc) is 2.46. The molecule has 1 N–H and O–H groups in total. The summed E-state index contributed by atoms with van der Waals surface area (Å²) in [5.74, 6) is 0. The first-order valence-electron chi connectivity index (χ1n) is 6.23. The number of benzene rings is 1. The molecule has 1 aliphatic carbocycles. The van der Waals surface area contributed by atoms with Crippen LogP contribution in [0.3, 0.4) is 0 Å². The lowest BCUT2D eigenvalue weighted by atomic mass is 9.96. The van der Waals surface area contributed by atoms with E-state index in [4.69, 9.17) is 5.26 Å². The van der Waals surface area contributed by atoms with Gasteiger partial charge in [0.05, 0.1) is 16.9 Å². The summed E-state index contributed by atoms with van der Waals surface area (Å²) in [5.41, 5.74) is 4.03. The molecular weight excluding hydrogens is 228 g/mol. The maximum atomic E-state index is 11.7. The van der Waals surface area contributed by atoms with Gasteiger partial charge in [0.1, 0.15) is 11.7 Å². The van der Waals surface area contributed by atoms with Crippen LogP contribution in [0.1, 0.15) is 37.7 Å². The summed E-state index contributed by atoms with van der Waals surface area (Å²) in [6, 6.07) is 8.89. The van der Waals surface area contributed by atoms with E-state index in [0.29, 0.717) is 11.3 Å². The quantitative estimate of drug-likeness (QED) is 0.504. The summed E-state index contributed by atoms with van der Waals surface area (Å²) in [6.45, 7) is 0. The van der Waals surface area contributed by atoms with Gasteiger partial charge in [-0.3, -0.25) is 0 Å². The molecule has 1 fully saturated rings. The van der Waals surface area contributed by atoms with Crippen molar-refractivity contribution in [3.05, 3.63) is 35.0 Å². The maximum Gasteiger partial charge on any atom is 0.146 e. The molecule has 1 saturated carbocycles. The molecule has 2 rings (SSSR count). The number of nitrogens with zero attached hydrogens (tertiary/aromatic N) is 3. The lowest BCUT2D eigenvalue weighted by Crippen LogP contribution is -2.23. The van der Waals surface area contributed by atoms with Crippen LogP contribution in [-0.4, -0.2) is 10.9 Å². The number of hydroxylamine groups is 1. The van der Waals surface area contributed by atoms with Crippen molar-refractivity contribution < 1.29 is 4.86 Å². The first-order chi connectivity index (χ1) is 8.79. The summed E-state index contributed by atoms with van der Waals surface area (Å²) < 4.78 is 0. The van der Waals surface area contributed by atoms with E-state index in [0.717, 1.165) is 30.5 Å². The van der Waals surface area contributed by atoms with E-state index in [2.05, 4.69) is 10.6 Å². The Bertz CT molecular complexity index is 455. The fraction of sp³-hybridized carbons (Fsp3) is 0.462. The van der Waals surface area contributed by atoms with Crippen LogP contribution in [0.5, 0.6) is 0 Å².